The Labute approximate surface area is 129 Å². The lowest BCUT2D eigenvalue weighted by Gasteiger charge is -2.30. The van der Waals surface area contributed by atoms with Gasteiger partial charge in [-0.3, -0.25) is 9.59 Å². The summed E-state index contributed by atoms with van der Waals surface area (Å²) >= 11 is 1.51. The van der Waals surface area contributed by atoms with Crippen LogP contribution in [0.4, 0.5) is 5.69 Å². The molecule has 21 heavy (non-hydrogen) atoms. The lowest BCUT2D eigenvalue weighted by atomic mass is 10.2. The standard InChI is InChI=1S/C16H18N2O2S/c1-3-9-17(10-4-2)15(19)11-18-13-7-5-6-8-14(13)21-12-16(18)20/h3-8H,1-2,9-12H2. The average Bonchev–Trinajstić information content (AvgIpc) is 2.50. The third kappa shape index (κ3) is 3.55. The second-order valence-electron chi connectivity index (χ2n) is 4.61. The van der Waals surface area contributed by atoms with Crippen LogP contribution in [-0.4, -0.2) is 42.1 Å². The lowest BCUT2D eigenvalue weighted by molar-refractivity contribution is -0.130. The van der Waals surface area contributed by atoms with E-state index in [2.05, 4.69) is 13.2 Å². The van der Waals surface area contributed by atoms with Gasteiger partial charge in [-0.1, -0.05) is 24.3 Å². The fourth-order valence-electron chi connectivity index (χ4n) is 2.15. The van der Waals surface area contributed by atoms with Crippen LogP contribution in [0.2, 0.25) is 0 Å². The third-order valence-electron chi connectivity index (χ3n) is 3.15. The van der Waals surface area contributed by atoms with Crippen molar-refractivity contribution in [1.29, 1.82) is 0 Å². The molecule has 1 heterocycles. The summed E-state index contributed by atoms with van der Waals surface area (Å²) in [5, 5.41) is 0. The van der Waals surface area contributed by atoms with Crippen LogP contribution in [0.5, 0.6) is 0 Å². The van der Waals surface area contributed by atoms with Crippen molar-refractivity contribution in [3.63, 3.8) is 0 Å². The predicted octanol–water partition coefficient (Wildman–Crippen LogP) is 2.33. The Hall–Kier alpha value is -2.01. The van der Waals surface area contributed by atoms with Crippen molar-refractivity contribution >= 4 is 29.3 Å². The summed E-state index contributed by atoms with van der Waals surface area (Å²) in [6.07, 6.45) is 3.34. The van der Waals surface area contributed by atoms with E-state index in [9.17, 15) is 9.59 Å². The maximum atomic E-state index is 12.4. The highest BCUT2D eigenvalue weighted by molar-refractivity contribution is 8.00. The summed E-state index contributed by atoms with van der Waals surface area (Å²) in [5.41, 5.74) is 0.809. The number of para-hydroxylation sites is 1. The molecule has 4 nitrogen and oxygen atoms in total. The predicted molar refractivity (Wildman–Crippen MR) is 86.5 cm³/mol. The van der Waals surface area contributed by atoms with E-state index in [4.69, 9.17) is 0 Å². The number of carbonyl (C=O) groups is 2. The van der Waals surface area contributed by atoms with Gasteiger partial charge in [0.2, 0.25) is 11.8 Å². The zero-order valence-electron chi connectivity index (χ0n) is 11.8. The van der Waals surface area contributed by atoms with Gasteiger partial charge in [0.05, 0.1) is 11.4 Å². The van der Waals surface area contributed by atoms with Crippen LogP contribution < -0.4 is 4.90 Å². The van der Waals surface area contributed by atoms with Crippen molar-refractivity contribution in [1.82, 2.24) is 4.90 Å². The molecule has 0 saturated heterocycles. The molecule has 0 aliphatic carbocycles. The number of rotatable bonds is 6. The van der Waals surface area contributed by atoms with Crippen molar-refractivity contribution < 1.29 is 9.59 Å². The molecule has 0 aromatic heterocycles. The van der Waals surface area contributed by atoms with E-state index in [-0.39, 0.29) is 18.4 Å². The largest absolute Gasteiger partial charge is 0.334 e. The highest BCUT2D eigenvalue weighted by Gasteiger charge is 2.27. The Morgan fingerprint density at radius 2 is 1.95 bits per heavy atom. The van der Waals surface area contributed by atoms with Crippen LogP contribution in [0.25, 0.3) is 0 Å². The molecule has 1 aromatic rings. The van der Waals surface area contributed by atoms with E-state index in [1.165, 1.54) is 11.8 Å². The molecule has 2 rings (SSSR count). The van der Waals surface area contributed by atoms with Gasteiger partial charge in [-0.15, -0.1) is 24.9 Å². The van der Waals surface area contributed by atoms with Crippen molar-refractivity contribution in [3.8, 4) is 0 Å². The van der Waals surface area contributed by atoms with Crippen LogP contribution >= 0.6 is 11.8 Å². The zero-order valence-corrected chi connectivity index (χ0v) is 12.6. The molecule has 0 radical (unpaired) electrons. The van der Waals surface area contributed by atoms with Crippen LogP contribution in [-0.2, 0) is 9.59 Å². The Morgan fingerprint density at radius 3 is 2.62 bits per heavy atom. The minimum Gasteiger partial charge on any atom is -0.334 e. The van der Waals surface area contributed by atoms with Gasteiger partial charge in [0.25, 0.3) is 0 Å². The zero-order chi connectivity index (χ0) is 15.2. The molecular weight excluding hydrogens is 284 g/mol. The van der Waals surface area contributed by atoms with Crippen molar-refractivity contribution in [2.24, 2.45) is 0 Å². The Balaban J connectivity index is 2.17. The molecule has 0 unspecified atom stereocenters. The van der Waals surface area contributed by atoms with Gasteiger partial charge in [-0.05, 0) is 12.1 Å². The minimum absolute atomic E-state index is 0.0378. The number of nitrogens with zero attached hydrogens (tertiary/aromatic N) is 2. The summed E-state index contributed by atoms with van der Waals surface area (Å²) in [4.78, 5) is 28.7. The Bertz CT molecular complexity index is 561. The highest BCUT2D eigenvalue weighted by atomic mass is 32.2. The first kappa shape index (κ1) is 15.4. The molecule has 1 aromatic carbocycles. The fraction of sp³-hybridized carbons (Fsp3) is 0.250. The Kier molecular flexibility index (Phi) is 5.22. The molecule has 0 saturated carbocycles. The van der Waals surface area contributed by atoms with Crippen LogP contribution in [0.1, 0.15) is 0 Å². The molecular formula is C16H18N2O2S. The molecule has 0 bridgehead atoms. The van der Waals surface area contributed by atoms with Gasteiger partial charge in [0.1, 0.15) is 6.54 Å². The number of hydrogen-bond donors (Lipinski definition) is 0. The second kappa shape index (κ2) is 7.13. The quantitative estimate of drug-likeness (QED) is 0.757. The number of benzene rings is 1. The number of fused-ring (bicyclic) bond motifs is 1. The first-order valence-electron chi connectivity index (χ1n) is 6.69. The second-order valence-corrected chi connectivity index (χ2v) is 5.63. The van der Waals surface area contributed by atoms with Crippen LogP contribution in [0, 0.1) is 0 Å². The first-order chi connectivity index (χ1) is 10.2. The van der Waals surface area contributed by atoms with Crippen LogP contribution in [0.15, 0.2) is 54.5 Å². The normalized spacial score (nSPS) is 13.5. The topological polar surface area (TPSA) is 40.6 Å². The first-order valence-corrected chi connectivity index (χ1v) is 7.67. The van der Waals surface area contributed by atoms with E-state index in [1.54, 1.807) is 22.0 Å². The van der Waals surface area contributed by atoms with E-state index in [0.29, 0.717) is 18.8 Å². The van der Waals surface area contributed by atoms with Crippen LogP contribution in [0.3, 0.4) is 0 Å². The number of amides is 2. The van der Waals surface area contributed by atoms with Crippen molar-refractivity contribution in [3.05, 3.63) is 49.6 Å². The van der Waals surface area contributed by atoms with Gasteiger partial charge in [0, 0.05) is 18.0 Å². The molecule has 1 aliphatic rings. The average molecular weight is 302 g/mol. The number of carbonyl (C=O) groups excluding carboxylic acids is 2. The molecule has 110 valence electrons. The monoisotopic (exact) mass is 302 g/mol. The molecule has 0 N–H and O–H groups in total. The molecule has 5 heteroatoms. The maximum Gasteiger partial charge on any atom is 0.243 e. The van der Waals surface area contributed by atoms with Gasteiger partial charge in [-0.25, -0.2) is 0 Å². The van der Waals surface area contributed by atoms with Gasteiger partial charge < -0.3 is 9.80 Å². The van der Waals surface area contributed by atoms with E-state index < -0.39 is 0 Å². The third-order valence-corrected chi connectivity index (χ3v) is 4.20. The molecule has 2 amide bonds. The summed E-state index contributed by atoms with van der Waals surface area (Å²) < 4.78 is 0. The van der Waals surface area contributed by atoms with Crippen molar-refractivity contribution in [2.75, 3.05) is 30.3 Å². The minimum atomic E-state index is -0.107. The van der Waals surface area contributed by atoms with Gasteiger partial charge in [-0.2, -0.15) is 0 Å². The van der Waals surface area contributed by atoms with Crippen molar-refractivity contribution in [2.45, 2.75) is 4.90 Å². The summed E-state index contributed by atoms with van der Waals surface area (Å²) in [6, 6.07) is 7.65. The number of thioether (sulfide) groups is 1. The molecule has 0 spiro atoms. The Morgan fingerprint density at radius 1 is 1.29 bits per heavy atom. The SMILES string of the molecule is C=CCN(CC=C)C(=O)CN1C(=O)CSc2ccccc21. The summed E-state index contributed by atoms with van der Waals surface area (Å²) in [6.45, 7) is 8.25. The molecule has 1 aliphatic heterocycles. The van der Waals surface area contributed by atoms with Gasteiger partial charge in [0.15, 0.2) is 0 Å². The molecule has 0 fully saturated rings. The lowest BCUT2D eigenvalue weighted by Crippen LogP contribution is -2.45. The number of anilines is 1. The van der Waals surface area contributed by atoms with Gasteiger partial charge >= 0.3 is 0 Å². The van der Waals surface area contributed by atoms with E-state index in [1.807, 2.05) is 24.3 Å². The molecule has 0 atom stereocenters. The fourth-order valence-corrected chi connectivity index (χ4v) is 3.09. The highest BCUT2D eigenvalue weighted by Crippen LogP contribution is 2.34. The maximum absolute atomic E-state index is 12.4. The number of hydrogen-bond acceptors (Lipinski definition) is 3. The summed E-state index contributed by atoms with van der Waals surface area (Å²) in [5.74, 6) is 0.224. The van der Waals surface area contributed by atoms with E-state index >= 15 is 0 Å². The van der Waals surface area contributed by atoms with E-state index in [0.717, 1.165) is 10.6 Å². The smallest absolute Gasteiger partial charge is 0.243 e. The summed E-state index contributed by atoms with van der Waals surface area (Å²) in [7, 11) is 0.